The van der Waals surface area contributed by atoms with E-state index in [0.717, 1.165) is 10.4 Å². The van der Waals surface area contributed by atoms with Crippen molar-refractivity contribution in [2.45, 2.75) is 18.6 Å². The van der Waals surface area contributed by atoms with E-state index in [-0.39, 0.29) is 6.42 Å². The zero-order valence-corrected chi connectivity index (χ0v) is 14.2. The Morgan fingerprint density at radius 3 is 2.29 bits per heavy atom. The number of carbonyl (C=O) groups excluding carboxylic acids is 2. The van der Waals surface area contributed by atoms with Gasteiger partial charge < -0.3 is 14.2 Å². The number of hydrogen-bond acceptors (Lipinski definition) is 6. The third-order valence-electron chi connectivity index (χ3n) is 4.33. The molecule has 1 aliphatic rings. The highest BCUT2D eigenvalue weighted by atomic mass is 32.1. The smallest absolute Gasteiger partial charge is 0.326 e. The summed E-state index contributed by atoms with van der Waals surface area (Å²) in [6.07, 6.45) is -0.946. The first-order chi connectivity index (χ1) is 11.6. The van der Waals surface area contributed by atoms with Crippen molar-refractivity contribution in [1.29, 1.82) is 0 Å². The maximum atomic E-state index is 12.6. The molecule has 24 heavy (non-hydrogen) atoms. The summed E-state index contributed by atoms with van der Waals surface area (Å²) in [4.78, 5) is 26.0. The van der Waals surface area contributed by atoms with E-state index < -0.39 is 29.6 Å². The molecule has 6 heteroatoms. The Kier molecular flexibility index (Phi) is 4.69. The van der Waals surface area contributed by atoms with Gasteiger partial charge in [-0.3, -0.25) is 9.59 Å². The van der Waals surface area contributed by atoms with Gasteiger partial charge >= 0.3 is 11.9 Å². The summed E-state index contributed by atoms with van der Waals surface area (Å²) in [6.45, 7) is 0. The summed E-state index contributed by atoms with van der Waals surface area (Å²) in [7, 11) is 2.54. The lowest BCUT2D eigenvalue weighted by Gasteiger charge is -2.27. The third-order valence-corrected chi connectivity index (χ3v) is 5.24. The molecule has 0 bridgehead atoms. The van der Waals surface area contributed by atoms with Crippen LogP contribution < -0.4 is 0 Å². The quantitative estimate of drug-likeness (QED) is 0.628. The van der Waals surface area contributed by atoms with Crippen LogP contribution in [0.25, 0.3) is 0 Å². The van der Waals surface area contributed by atoms with E-state index in [1.54, 1.807) is 0 Å². The van der Waals surface area contributed by atoms with E-state index in [4.69, 9.17) is 14.2 Å². The van der Waals surface area contributed by atoms with Crippen LogP contribution in [0.5, 0.6) is 0 Å². The zero-order chi connectivity index (χ0) is 17.2. The molecule has 1 aromatic heterocycles. The minimum atomic E-state index is -1.51. The topological polar surface area (TPSA) is 61.8 Å². The van der Waals surface area contributed by atoms with Gasteiger partial charge in [0, 0.05) is 11.3 Å². The van der Waals surface area contributed by atoms with Crippen molar-refractivity contribution >= 4 is 23.3 Å². The largest absolute Gasteiger partial charge is 0.468 e. The predicted octanol–water partition coefficient (Wildman–Crippen LogP) is 3.28. The van der Waals surface area contributed by atoms with E-state index in [2.05, 4.69) is 0 Å². The summed E-state index contributed by atoms with van der Waals surface area (Å²) in [5.74, 6) is -1.27. The maximum absolute atomic E-state index is 12.6. The molecular formula is C18H18O5S. The Bertz CT molecular complexity index is 694. The van der Waals surface area contributed by atoms with Crippen LogP contribution in [0.3, 0.4) is 0 Å². The molecule has 126 valence electrons. The predicted molar refractivity (Wildman–Crippen MR) is 88.4 cm³/mol. The molecule has 0 amide bonds. The van der Waals surface area contributed by atoms with Crippen molar-refractivity contribution in [2.75, 3.05) is 14.2 Å². The fraction of sp³-hybridized carbons (Fsp3) is 0.333. The number of esters is 2. The summed E-state index contributed by atoms with van der Waals surface area (Å²) in [6, 6.07) is 13.2. The number of carbonyl (C=O) groups is 2. The van der Waals surface area contributed by atoms with Gasteiger partial charge in [-0.05, 0) is 17.0 Å². The van der Waals surface area contributed by atoms with Crippen LogP contribution in [0.1, 0.15) is 29.1 Å². The average Bonchev–Trinajstić information content (AvgIpc) is 3.29. The van der Waals surface area contributed by atoms with Crippen molar-refractivity contribution in [3.05, 3.63) is 58.3 Å². The van der Waals surface area contributed by atoms with Crippen LogP contribution in [0, 0.1) is 5.41 Å². The van der Waals surface area contributed by atoms with Crippen molar-refractivity contribution in [2.24, 2.45) is 5.41 Å². The molecule has 2 atom stereocenters. The second kappa shape index (κ2) is 6.75. The number of methoxy groups -OCH3 is 2. The first-order valence-corrected chi connectivity index (χ1v) is 8.42. The lowest BCUT2D eigenvalue weighted by Crippen LogP contribution is -2.43. The summed E-state index contributed by atoms with van der Waals surface area (Å²) in [5.41, 5.74) is -0.594. The third kappa shape index (κ3) is 2.61. The van der Waals surface area contributed by atoms with E-state index >= 15 is 0 Å². The van der Waals surface area contributed by atoms with Crippen molar-refractivity contribution in [3.63, 3.8) is 0 Å². The van der Waals surface area contributed by atoms with Crippen LogP contribution in [-0.4, -0.2) is 26.2 Å². The standard InChI is InChI=1S/C18H18O5S/c1-21-16(19)18(17(20)22-2)11-13(12-7-4-3-5-8-12)23-15(18)14-9-6-10-24-14/h3-10,13,15H,11H2,1-2H3/t13-,15-/m0/s1. The monoisotopic (exact) mass is 346 g/mol. The van der Waals surface area contributed by atoms with Gasteiger partial charge in [-0.2, -0.15) is 0 Å². The fourth-order valence-electron chi connectivity index (χ4n) is 3.17. The number of benzene rings is 1. The van der Waals surface area contributed by atoms with Gasteiger partial charge in [0.05, 0.1) is 20.3 Å². The first kappa shape index (κ1) is 16.7. The molecule has 5 nitrogen and oxygen atoms in total. The summed E-state index contributed by atoms with van der Waals surface area (Å²) >= 11 is 1.43. The van der Waals surface area contributed by atoms with Gasteiger partial charge in [0.2, 0.25) is 0 Å². The molecular weight excluding hydrogens is 328 g/mol. The molecule has 0 N–H and O–H groups in total. The molecule has 0 saturated carbocycles. The van der Waals surface area contributed by atoms with Crippen LogP contribution in [-0.2, 0) is 23.8 Å². The Morgan fingerprint density at radius 2 is 1.75 bits per heavy atom. The van der Waals surface area contributed by atoms with Crippen molar-refractivity contribution in [3.8, 4) is 0 Å². The maximum Gasteiger partial charge on any atom is 0.326 e. The lowest BCUT2D eigenvalue weighted by atomic mass is 9.78. The zero-order valence-electron chi connectivity index (χ0n) is 13.4. The lowest BCUT2D eigenvalue weighted by molar-refractivity contribution is -0.173. The molecule has 0 radical (unpaired) electrons. The Balaban J connectivity index is 2.08. The Labute approximate surface area is 144 Å². The first-order valence-electron chi connectivity index (χ1n) is 7.54. The second-order valence-electron chi connectivity index (χ2n) is 5.59. The molecule has 3 rings (SSSR count). The van der Waals surface area contributed by atoms with Crippen molar-refractivity contribution in [1.82, 2.24) is 0 Å². The van der Waals surface area contributed by atoms with Crippen LogP contribution in [0.4, 0.5) is 0 Å². The molecule has 0 unspecified atom stereocenters. The van der Waals surface area contributed by atoms with E-state index in [0.29, 0.717) is 0 Å². The van der Waals surface area contributed by atoms with Crippen LogP contribution >= 0.6 is 11.3 Å². The molecule has 1 aromatic carbocycles. The SMILES string of the molecule is COC(=O)C1(C(=O)OC)C[C@@H](c2ccccc2)O[C@H]1c1cccs1. The molecule has 2 heterocycles. The Morgan fingerprint density at radius 1 is 1.08 bits per heavy atom. The fourth-order valence-corrected chi connectivity index (χ4v) is 4.02. The minimum Gasteiger partial charge on any atom is -0.468 e. The average molecular weight is 346 g/mol. The number of rotatable bonds is 4. The highest BCUT2D eigenvalue weighted by molar-refractivity contribution is 7.10. The molecule has 1 fully saturated rings. The van der Waals surface area contributed by atoms with E-state index in [1.807, 2.05) is 47.8 Å². The number of thiophene rings is 1. The normalized spacial score (nSPS) is 22.1. The van der Waals surface area contributed by atoms with Gasteiger partial charge in [0.15, 0.2) is 5.41 Å². The second-order valence-corrected chi connectivity index (χ2v) is 6.57. The van der Waals surface area contributed by atoms with Gasteiger partial charge in [0.1, 0.15) is 6.10 Å². The number of ether oxygens (including phenoxy) is 3. The highest BCUT2D eigenvalue weighted by Gasteiger charge is 2.62. The summed E-state index contributed by atoms with van der Waals surface area (Å²) < 4.78 is 16.1. The van der Waals surface area contributed by atoms with E-state index in [9.17, 15) is 9.59 Å². The van der Waals surface area contributed by atoms with Gasteiger partial charge in [0.25, 0.3) is 0 Å². The van der Waals surface area contributed by atoms with Gasteiger partial charge in [-0.1, -0.05) is 36.4 Å². The minimum absolute atomic E-state index is 0.179. The summed E-state index contributed by atoms with van der Waals surface area (Å²) in [5, 5.41) is 1.88. The molecule has 1 aliphatic heterocycles. The molecule has 2 aromatic rings. The molecule has 0 spiro atoms. The van der Waals surface area contributed by atoms with E-state index in [1.165, 1.54) is 25.6 Å². The molecule has 1 saturated heterocycles. The van der Waals surface area contributed by atoms with Crippen molar-refractivity contribution < 1.29 is 23.8 Å². The molecule has 0 aliphatic carbocycles. The van der Waals surface area contributed by atoms with Gasteiger partial charge in [-0.15, -0.1) is 11.3 Å². The van der Waals surface area contributed by atoms with Crippen LogP contribution in [0.2, 0.25) is 0 Å². The van der Waals surface area contributed by atoms with Gasteiger partial charge in [-0.25, -0.2) is 0 Å². The van der Waals surface area contributed by atoms with Crippen LogP contribution in [0.15, 0.2) is 47.8 Å². The highest BCUT2D eigenvalue weighted by Crippen LogP contribution is 2.55. The number of hydrogen-bond donors (Lipinski definition) is 0. The Hall–Kier alpha value is -2.18.